The Morgan fingerprint density at radius 1 is 1.07 bits per heavy atom. The molecule has 0 radical (unpaired) electrons. The molecule has 3 aromatic rings. The van der Waals surface area contributed by atoms with Crippen LogP contribution in [0.1, 0.15) is 48.4 Å². The van der Waals surface area contributed by atoms with Crippen molar-refractivity contribution in [3.8, 4) is 11.6 Å². The van der Waals surface area contributed by atoms with Gasteiger partial charge in [-0.25, -0.2) is 9.78 Å². The highest BCUT2D eigenvalue weighted by Gasteiger charge is 2.61. The maximum absolute atomic E-state index is 14.7. The van der Waals surface area contributed by atoms with Gasteiger partial charge in [-0.1, -0.05) is 47.6 Å². The average molecular weight is 585 g/mol. The van der Waals surface area contributed by atoms with Crippen molar-refractivity contribution in [3.05, 3.63) is 71.3 Å². The molecule has 1 aromatic carbocycles. The molecule has 3 N–H and O–H groups in total. The minimum Gasteiger partial charge on any atom is -0.465 e. The van der Waals surface area contributed by atoms with E-state index in [-0.39, 0.29) is 19.3 Å². The van der Waals surface area contributed by atoms with E-state index in [1.54, 1.807) is 35.6 Å². The summed E-state index contributed by atoms with van der Waals surface area (Å²) in [6.07, 6.45) is -10.5. The zero-order chi connectivity index (χ0) is 29.8. The van der Waals surface area contributed by atoms with Gasteiger partial charge >= 0.3 is 18.4 Å². The van der Waals surface area contributed by atoms with Crippen LogP contribution < -0.4 is 5.32 Å². The Hall–Kier alpha value is -4.47. The molecule has 0 unspecified atom stereocenters. The highest BCUT2D eigenvalue weighted by Crippen LogP contribution is 2.47. The number of pyridine rings is 1. The van der Waals surface area contributed by atoms with Gasteiger partial charge < -0.3 is 19.5 Å². The first-order valence-corrected chi connectivity index (χ1v) is 11.9. The van der Waals surface area contributed by atoms with Crippen molar-refractivity contribution in [1.82, 2.24) is 15.2 Å². The first kappa shape index (κ1) is 29.5. The molecule has 10 nitrogen and oxygen atoms in total. The fourth-order valence-corrected chi connectivity index (χ4v) is 4.13. The summed E-state index contributed by atoms with van der Waals surface area (Å²) in [4.78, 5) is 15.2. The number of anilines is 1. The summed E-state index contributed by atoms with van der Waals surface area (Å²) in [6, 6.07) is 8.32. The lowest BCUT2D eigenvalue weighted by Gasteiger charge is -2.32. The van der Waals surface area contributed by atoms with Crippen LogP contribution in [-0.2, 0) is 23.1 Å². The minimum absolute atomic E-state index is 0.0227. The molecule has 0 aliphatic carbocycles. The van der Waals surface area contributed by atoms with Crippen LogP contribution in [0, 0.1) is 0 Å². The SMILES string of the molecule is O=C(O)Nc1cc(C(F)(F)F)c2nc1-c1nnc(o1)[C@@](OCc1ccccc1)(C(F)(F)F)CCC=CCCC2=NO. The van der Waals surface area contributed by atoms with E-state index in [9.17, 15) is 41.5 Å². The molecular weight excluding hydrogens is 564 g/mol. The Bertz CT molecular complexity index is 1460. The van der Waals surface area contributed by atoms with Crippen LogP contribution in [0.5, 0.6) is 0 Å². The van der Waals surface area contributed by atoms with Crippen molar-refractivity contribution in [2.24, 2.45) is 5.16 Å². The van der Waals surface area contributed by atoms with Gasteiger partial charge in [-0.15, -0.1) is 10.2 Å². The number of aromatic nitrogens is 3. The monoisotopic (exact) mass is 585 g/mol. The predicted octanol–water partition coefficient (Wildman–Crippen LogP) is 6.52. The van der Waals surface area contributed by atoms with Crippen LogP contribution >= 0.6 is 0 Å². The summed E-state index contributed by atoms with van der Waals surface area (Å²) in [5.41, 5.74) is -7.16. The van der Waals surface area contributed by atoms with Crippen molar-refractivity contribution in [3.63, 3.8) is 0 Å². The molecule has 0 saturated heterocycles. The second-order valence-electron chi connectivity index (χ2n) is 8.82. The number of carbonyl (C=O) groups is 1. The fraction of sp³-hybridized carbons (Fsp3) is 0.320. The van der Waals surface area contributed by atoms with E-state index in [4.69, 9.17) is 9.15 Å². The van der Waals surface area contributed by atoms with E-state index >= 15 is 0 Å². The minimum atomic E-state index is -5.10. The fourth-order valence-electron chi connectivity index (χ4n) is 4.13. The van der Waals surface area contributed by atoms with Crippen molar-refractivity contribution in [2.45, 2.75) is 50.2 Å². The molecule has 1 amide bonds. The zero-order valence-electron chi connectivity index (χ0n) is 20.8. The van der Waals surface area contributed by atoms with Crippen molar-refractivity contribution in [2.75, 3.05) is 5.32 Å². The molecular formula is C25H21F6N5O5. The third-order valence-corrected chi connectivity index (χ3v) is 6.10. The summed E-state index contributed by atoms with van der Waals surface area (Å²) in [7, 11) is 0. The van der Waals surface area contributed by atoms with Crippen molar-refractivity contribution < 1.29 is 50.6 Å². The molecule has 218 valence electrons. The Morgan fingerprint density at radius 3 is 2.41 bits per heavy atom. The van der Waals surface area contributed by atoms with Gasteiger partial charge in [0.15, 0.2) is 5.69 Å². The molecule has 16 heteroatoms. The number of carboxylic acid groups (broad SMARTS) is 1. The van der Waals surface area contributed by atoms with Gasteiger partial charge in [0, 0.05) is 0 Å². The molecule has 3 heterocycles. The summed E-state index contributed by atoms with van der Waals surface area (Å²) < 4.78 is 96.9. The number of nitrogens with zero attached hydrogens (tertiary/aromatic N) is 4. The number of benzene rings is 1. The number of hydrogen-bond acceptors (Lipinski definition) is 8. The lowest BCUT2D eigenvalue weighted by molar-refractivity contribution is -0.299. The lowest BCUT2D eigenvalue weighted by atomic mass is 9.95. The molecule has 41 heavy (non-hydrogen) atoms. The number of amides is 1. The number of fused-ring (bicyclic) bond motifs is 5. The second-order valence-corrected chi connectivity index (χ2v) is 8.82. The van der Waals surface area contributed by atoms with Crippen LogP contribution in [0.25, 0.3) is 11.6 Å². The van der Waals surface area contributed by atoms with Gasteiger partial charge in [-0.2, -0.15) is 26.3 Å². The first-order chi connectivity index (χ1) is 19.4. The number of allylic oxidation sites excluding steroid dienone is 2. The molecule has 1 atom stereocenters. The van der Waals surface area contributed by atoms with E-state index in [2.05, 4.69) is 20.3 Å². The van der Waals surface area contributed by atoms with E-state index in [1.807, 2.05) is 0 Å². The maximum Gasteiger partial charge on any atom is 0.426 e. The van der Waals surface area contributed by atoms with Gasteiger partial charge in [0.25, 0.3) is 11.8 Å². The lowest BCUT2D eigenvalue weighted by Crippen LogP contribution is -2.45. The van der Waals surface area contributed by atoms with E-state index in [0.29, 0.717) is 11.6 Å². The van der Waals surface area contributed by atoms with E-state index < -0.39 is 77.2 Å². The number of halogens is 6. The Balaban J connectivity index is 1.95. The quantitative estimate of drug-likeness (QED) is 0.136. The summed E-state index contributed by atoms with van der Waals surface area (Å²) in [5, 5.41) is 30.4. The third-order valence-electron chi connectivity index (χ3n) is 6.10. The van der Waals surface area contributed by atoms with Crippen molar-refractivity contribution in [1.29, 1.82) is 0 Å². The number of ether oxygens (including phenoxy) is 1. The summed E-state index contributed by atoms with van der Waals surface area (Å²) in [5.74, 6) is -1.90. The van der Waals surface area contributed by atoms with E-state index in [0.717, 1.165) is 0 Å². The molecule has 0 saturated carbocycles. The highest BCUT2D eigenvalue weighted by molar-refractivity contribution is 6.01. The van der Waals surface area contributed by atoms with Gasteiger partial charge in [0.05, 0.1) is 17.9 Å². The maximum atomic E-state index is 14.7. The number of oxime groups is 1. The number of hydrogen-bond donors (Lipinski definition) is 3. The highest BCUT2D eigenvalue weighted by atomic mass is 19.4. The topological polar surface area (TPSA) is 143 Å². The normalized spacial score (nSPS) is 19.1. The van der Waals surface area contributed by atoms with Crippen LogP contribution in [-0.4, -0.2) is 43.5 Å². The van der Waals surface area contributed by atoms with Crippen LogP contribution in [0.2, 0.25) is 0 Å². The van der Waals surface area contributed by atoms with Gasteiger partial charge in [-0.3, -0.25) is 5.32 Å². The molecule has 0 fully saturated rings. The first-order valence-electron chi connectivity index (χ1n) is 11.9. The largest absolute Gasteiger partial charge is 0.465 e. The van der Waals surface area contributed by atoms with Crippen LogP contribution in [0.4, 0.5) is 36.8 Å². The van der Waals surface area contributed by atoms with Gasteiger partial charge in [0.2, 0.25) is 5.60 Å². The summed E-state index contributed by atoms with van der Waals surface area (Å²) >= 11 is 0. The number of nitrogens with one attached hydrogen (secondary N) is 1. The number of alkyl halides is 6. The standard InChI is InChI=1S/C25H21F6N5O5/c26-24(27,28)15-12-17(32-22(37)38)19-20-34-35-21(41-20)23(25(29,30)31,40-13-14-8-4-3-5-9-14)11-7-2-1-6-10-16(36-39)18(15)33-19/h1-5,8-9,12,32,39H,6-7,10-11,13H2,(H,37,38)/t23-/m1/s1. The Labute approximate surface area is 227 Å². The molecule has 4 rings (SSSR count). The second kappa shape index (κ2) is 11.6. The molecule has 1 aliphatic heterocycles. The third kappa shape index (κ3) is 6.32. The Kier molecular flexibility index (Phi) is 8.32. The van der Waals surface area contributed by atoms with Gasteiger partial charge in [0.1, 0.15) is 11.4 Å². The van der Waals surface area contributed by atoms with E-state index in [1.165, 1.54) is 12.2 Å². The predicted molar refractivity (Wildman–Crippen MR) is 129 cm³/mol. The smallest absolute Gasteiger partial charge is 0.426 e. The molecule has 4 bridgehead atoms. The number of rotatable bonds is 4. The zero-order valence-corrected chi connectivity index (χ0v) is 20.8. The molecule has 2 aromatic heterocycles. The summed E-state index contributed by atoms with van der Waals surface area (Å²) in [6.45, 7) is -0.507. The van der Waals surface area contributed by atoms with Gasteiger partial charge in [-0.05, 0) is 37.3 Å². The van der Waals surface area contributed by atoms with Crippen molar-refractivity contribution >= 4 is 17.5 Å². The van der Waals surface area contributed by atoms with Crippen LogP contribution in [0.15, 0.2) is 58.1 Å². The molecule has 1 aliphatic rings. The average Bonchev–Trinajstić information content (AvgIpc) is 3.39. The Morgan fingerprint density at radius 2 is 1.78 bits per heavy atom. The van der Waals surface area contributed by atoms with Crippen LogP contribution in [0.3, 0.4) is 0 Å². The molecule has 0 spiro atoms.